The van der Waals surface area contributed by atoms with Crippen LogP contribution >= 0.6 is 24.0 Å². The Kier molecular flexibility index (Phi) is 10.1. The minimum Gasteiger partial charge on any atom is -0.497 e. The van der Waals surface area contributed by atoms with Gasteiger partial charge in [-0.15, -0.1) is 0 Å². The Morgan fingerprint density at radius 2 is 1.49 bits per heavy atom. The van der Waals surface area contributed by atoms with Crippen molar-refractivity contribution in [2.45, 2.75) is 58.3 Å². The number of rotatable bonds is 8. The third kappa shape index (κ3) is 7.55. The van der Waals surface area contributed by atoms with Crippen molar-refractivity contribution in [1.82, 2.24) is 4.90 Å². The molecule has 0 spiro atoms. The molecule has 0 bridgehead atoms. The summed E-state index contributed by atoms with van der Waals surface area (Å²) in [5.41, 5.74) is 0.692. The SMILES string of the molecule is COc1ccc(/C=C2/SC(=S)N(C3OC(COC(C)=O)C(OC(C)=O)C(OC(C)=O)C3OC(C)=O)C2=O)cc1. The Bertz CT molecular complexity index is 1180. The van der Waals surface area contributed by atoms with Crippen LogP contribution in [0.5, 0.6) is 5.75 Å². The number of methoxy groups -OCH3 is 1. The zero-order valence-corrected chi connectivity index (χ0v) is 23.4. The molecule has 2 aliphatic rings. The van der Waals surface area contributed by atoms with Gasteiger partial charge in [-0.05, 0) is 23.8 Å². The van der Waals surface area contributed by atoms with Crippen molar-refractivity contribution in [2.24, 2.45) is 0 Å². The first-order chi connectivity index (χ1) is 18.4. The lowest BCUT2D eigenvalue weighted by Gasteiger charge is -2.46. The van der Waals surface area contributed by atoms with Crippen LogP contribution < -0.4 is 4.74 Å². The van der Waals surface area contributed by atoms with Gasteiger partial charge in [0.1, 0.15) is 18.5 Å². The summed E-state index contributed by atoms with van der Waals surface area (Å²) in [5.74, 6) is -2.92. The molecule has 1 aromatic carbocycles. The van der Waals surface area contributed by atoms with Crippen LogP contribution in [0.3, 0.4) is 0 Å². The zero-order valence-electron chi connectivity index (χ0n) is 21.7. The predicted molar refractivity (Wildman–Crippen MR) is 140 cm³/mol. The van der Waals surface area contributed by atoms with Gasteiger partial charge in [-0.1, -0.05) is 36.1 Å². The van der Waals surface area contributed by atoms with Crippen molar-refractivity contribution in [3.05, 3.63) is 34.7 Å². The number of hydrogen-bond donors (Lipinski definition) is 0. The quantitative estimate of drug-likeness (QED) is 0.191. The number of ether oxygens (including phenoxy) is 6. The molecule has 0 saturated carbocycles. The van der Waals surface area contributed by atoms with Gasteiger partial charge in [0, 0.05) is 27.7 Å². The molecule has 2 aliphatic heterocycles. The Balaban J connectivity index is 2.03. The summed E-state index contributed by atoms with van der Waals surface area (Å²) in [5, 5.41) is 0. The number of thioether (sulfide) groups is 1. The van der Waals surface area contributed by atoms with Crippen LogP contribution in [0.2, 0.25) is 0 Å². The van der Waals surface area contributed by atoms with Crippen molar-refractivity contribution >= 4 is 64.2 Å². The van der Waals surface area contributed by atoms with Crippen molar-refractivity contribution < 1.29 is 52.4 Å². The number of hydrogen-bond acceptors (Lipinski definition) is 13. The van der Waals surface area contributed by atoms with Crippen LogP contribution in [0.25, 0.3) is 6.08 Å². The summed E-state index contributed by atoms with van der Waals surface area (Å²) in [4.78, 5) is 62.5. The Hall–Kier alpha value is -3.49. The van der Waals surface area contributed by atoms with Gasteiger partial charge >= 0.3 is 23.9 Å². The molecular formula is C25H27NO11S2. The molecule has 2 heterocycles. The van der Waals surface area contributed by atoms with E-state index in [0.29, 0.717) is 11.3 Å². The second-order valence-corrected chi connectivity index (χ2v) is 10.1. The van der Waals surface area contributed by atoms with Crippen LogP contribution in [0.1, 0.15) is 33.3 Å². The normalized spacial score (nSPS) is 25.7. The average Bonchev–Trinajstić information content (AvgIpc) is 3.12. The van der Waals surface area contributed by atoms with Crippen LogP contribution in [0.4, 0.5) is 0 Å². The lowest BCUT2D eigenvalue weighted by molar-refractivity contribution is -0.268. The van der Waals surface area contributed by atoms with Crippen molar-refractivity contribution in [3.63, 3.8) is 0 Å². The first kappa shape index (κ1) is 30.1. The largest absolute Gasteiger partial charge is 0.497 e. The molecule has 5 unspecified atom stereocenters. The van der Waals surface area contributed by atoms with E-state index < -0.39 is 67.0 Å². The molecule has 0 N–H and O–H groups in total. The van der Waals surface area contributed by atoms with Crippen molar-refractivity contribution in [2.75, 3.05) is 13.7 Å². The molecule has 1 amide bonds. The van der Waals surface area contributed by atoms with Crippen LogP contribution in [-0.4, -0.2) is 83.4 Å². The summed E-state index contributed by atoms with van der Waals surface area (Å²) >= 11 is 6.46. The first-order valence-electron chi connectivity index (χ1n) is 11.6. The number of thiocarbonyl (C=S) groups is 1. The van der Waals surface area contributed by atoms with E-state index in [1.165, 1.54) is 14.0 Å². The molecule has 14 heteroatoms. The van der Waals surface area contributed by atoms with E-state index in [4.69, 9.17) is 40.6 Å². The molecule has 39 heavy (non-hydrogen) atoms. The summed E-state index contributed by atoms with van der Waals surface area (Å²) in [7, 11) is 1.54. The molecule has 0 aliphatic carbocycles. The van der Waals surface area contributed by atoms with Gasteiger partial charge in [0.2, 0.25) is 0 Å². The summed E-state index contributed by atoms with van der Waals surface area (Å²) < 4.78 is 32.6. The third-order valence-electron chi connectivity index (χ3n) is 5.46. The predicted octanol–water partition coefficient (Wildman–Crippen LogP) is 1.98. The molecule has 5 atom stereocenters. The maximum Gasteiger partial charge on any atom is 0.303 e. The van der Waals surface area contributed by atoms with E-state index in [9.17, 15) is 24.0 Å². The molecule has 12 nitrogen and oxygen atoms in total. The second-order valence-electron chi connectivity index (χ2n) is 8.41. The zero-order chi connectivity index (χ0) is 28.9. The molecule has 2 fully saturated rings. The van der Waals surface area contributed by atoms with Crippen molar-refractivity contribution in [3.8, 4) is 5.75 Å². The Morgan fingerprint density at radius 3 is 2.03 bits per heavy atom. The molecule has 210 valence electrons. The van der Waals surface area contributed by atoms with E-state index in [1.54, 1.807) is 30.3 Å². The topological polar surface area (TPSA) is 144 Å². The Morgan fingerprint density at radius 1 is 0.923 bits per heavy atom. The van der Waals surface area contributed by atoms with Gasteiger partial charge in [0.25, 0.3) is 5.91 Å². The third-order valence-corrected chi connectivity index (χ3v) is 6.79. The van der Waals surface area contributed by atoms with E-state index in [1.807, 2.05) is 0 Å². The van der Waals surface area contributed by atoms with Gasteiger partial charge in [0.15, 0.2) is 28.9 Å². The summed E-state index contributed by atoms with van der Waals surface area (Å²) in [6.45, 7) is 4.08. The highest BCUT2D eigenvalue weighted by atomic mass is 32.2. The number of benzene rings is 1. The van der Waals surface area contributed by atoms with E-state index >= 15 is 0 Å². The van der Waals surface area contributed by atoms with Gasteiger partial charge in [-0.25, -0.2) is 0 Å². The van der Waals surface area contributed by atoms with Crippen molar-refractivity contribution in [1.29, 1.82) is 0 Å². The van der Waals surface area contributed by atoms with Crippen LogP contribution in [0.15, 0.2) is 29.2 Å². The van der Waals surface area contributed by atoms with E-state index in [0.717, 1.165) is 37.4 Å². The van der Waals surface area contributed by atoms with Crippen LogP contribution in [-0.2, 0) is 47.7 Å². The fraction of sp³-hybridized carbons (Fsp3) is 0.440. The maximum absolute atomic E-state index is 13.6. The number of esters is 4. The average molecular weight is 582 g/mol. The Labute approximate surface area is 233 Å². The summed E-state index contributed by atoms with van der Waals surface area (Å²) in [6, 6.07) is 6.96. The molecule has 1 aromatic rings. The number of nitrogens with zero attached hydrogens (tertiary/aromatic N) is 1. The molecule has 0 radical (unpaired) electrons. The lowest BCUT2D eigenvalue weighted by Crippen LogP contribution is -2.66. The number of amides is 1. The highest BCUT2D eigenvalue weighted by molar-refractivity contribution is 8.26. The highest BCUT2D eigenvalue weighted by Gasteiger charge is 2.56. The van der Waals surface area contributed by atoms with E-state index in [2.05, 4.69) is 0 Å². The fourth-order valence-electron chi connectivity index (χ4n) is 3.96. The monoisotopic (exact) mass is 581 g/mol. The minimum atomic E-state index is -1.45. The standard InChI is InChI=1S/C25H27NO11S2/c1-12(27)33-11-18-20(34-13(2)28)21(35-14(3)29)22(36-15(4)30)24(37-18)26-23(31)19(39-25(26)38)10-16-6-8-17(32-5)9-7-16/h6-10,18,20-22,24H,11H2,1-5H3/b19-10+. The first-order valence-corrected chi connectivity index (χ1v) is 12.8. The molecule has 3 rings (SSSR count). The lowest BCUT2D eigenvalue weighted by atomic mass is 9.96. The highest BCUT2D eigenvalue weighted by Crippen LogP contribution is 2.39. The van der Waals surface area contributed by atoms with E-state index in [-0.39, 0.29) is 9.23 Å². The fourth-order valence-corrected chi connectivity index (χ4v) is 5.27. The van der Waals surface area contributed by atoms with Crippen LogP contribution in [0, 0.1) is 0 Å². The number of carbonyl (C=O) groups is 5. The summed E-state index contributed by atoms with van der Waals surface area (Å²) in [6.07, 6.45) is -5.24. The van der Waals surface area contributed by atoms with Gasteiger partial charge in [0.05, 0.1) is 12.0 Å². The second kappa shape index (κ2) is 13.0. The van der Waals surface area contributed by atoms with Gasteiger partial charge in [-0.2, -0.15) is 0 Å². The molecule has 2 saturated heterocycles. The minimum absolute atomic E-state index is 0.0701. The maximum atomic E-state index is 13.6. The molecule has 0 aromatic heterocycles. The van der Waals surface area contributed by atoms with Gasteiger partial charge in [-0.3, -0.25) is 28.9 Å². The smallest absolute Gasteiger partial charge is 0.303 e. The van der Waals surface area contributed by atoms with Gasteiger partial charge < -0.3 is 28.4 Å². The molecular weight excluding hydrogens is 554 g/mol. The number of carbonyl (C=O) groups excluding carboxylic acids is 5.